The van der Waals surface area contributed by atoms with Crippen molar-refractivity contribution < 1.29 is 83.8 Å². The molecule has 8 N–H and O–H groups in total. The molecule has 0 aliphatic rings. The SMILES string of the molecule is O.O.O[Si](O)(O)O.[AlH3].[CaH2].[Fe].[KH].[Mn].[Zn]. The van der Waals surface area contributed by atoms with Crippen LogP contribution in [-0.4, -0.2) is 146 Å². The van der Waals surface area contributed by atoms with E-state index in [9.17, 15) is 0 Å². The Morgan fingerprint density at radius 1 is 0.846 bits per heavy atom. The van der Waals surface area contributed by atoms with Crippen LogP contribution in [-0.2, 0) is 53.6 Å². The van der Waals surface area contributed by atoms with Crippen LogP contribution in [0.1, 0.15) is 0 Å². The zero-order valence-corrected chi connectivity index (χ0v) is 11.0. The molecule has 0 amide bonds. The molecular formula is H14AlCaFeKMnO6SiZn. The maximum Gasteiger partial charge on any atom is 0 e. The molecule has 0 atom stereocenters. The van der Waals surface area contributed by atoms with Crippen molar-refractivity contribution in [3.8, 4) is 0 Å². The van der Waals surface area contributed by atoms with E-state index in [4.69, 9.17) is 19.2 Å². The van der Waals surface area contributed by atoms with Gasteiger partial charge in [0.15, 0.2) is 17.4 Å². The summed E-state index contributed by atoms with van der Waals surface area (Å²) in [6.45, 7) is 0. The van der Waals surface area contributed by atoms with Gasteiger partial charge in [0.1, 0.15) is 0 Å². The average molecular weight is 421 g/mol. The summed E-state index contributed by atoms with van der Waals surface area (Å²) in [5.74, 6) is 0. The molecule has 0 aromatic heterocycles. The van der Waals surface area contributed by atoms with E-state index in [0.717, 1.165) is 0 Å². The van der Waals surface area contributed by atoms with Crippen molar-refractivity contribution >= 4 is 116 Å². The van der Waals surface area contributed by atoms with Crippen LogP contribution in [0.5, 0.6) is 0 Å². The third-order valence-corrected chi connectivity index (χ3v) is 0. The quantitative estimate of drug-likeness (QED) is 0.289. The van der Waals surface area contributed by atoms with Gasteiger partial charge in [-0.05, 0) is 0 Å². The van der Waals surface area contributed by atoms with E-state index >= 15 is 0 Å². The minimum absolute atomic E-state index is 0. The first-order valence-electron chi connectivity index (χ1n) is 0.894. The molecule has 0 fully saturated rings. The summed E-state index contributed by atoms with van der Waals surface area (Å²) in [5.41, 5.74) is 0. The third kappa shape index (κ3) is 151. The fourth-order valence-electron chi connectivity index (χ4n) is 0. The average Bonchev–Trinajstić information content (AvgIpc) is 0.722. The Morgan fingerprint density at radius 2 is 0.846 bits per heavy atom. The molecule has 0 aliphatic heterocycles. The van der Waals surface area contributed by atoms with Gasteiger partial charge in [-0.1, -0.05) is 0 Å². The van der Waals surface area contributed by atoms with Crippen molar-refractivity contribution in [2.24, 2.45) is 0 Å². The minimum Gasteiger partial charge on any atom is 0 e. The van der Waals surface area contributed by atoms with E-state index in [0.29, 0.717) is 0 Å². The molecule has 0 saturated carbocycles. The number of hydrogen-bond donors (Lipinski definition) is 4. The van der Waals surface area contributed by atoms with E-state index in [1.807, 2.05) is 0 Å². The summed E-state index contributed by atoms with van der Waals surface area (Å²) >= 11 is 0. The summed E-state index contributed by atoms with van der Waals surface area (Å²) in [6, 6.07) is 0. The second-order valence-corrected chi connectivity index (χ2v) is 1.80. The monoisotopic (exact) mass is 419 g/mol. The van der Waals surface area contributed by atoms with Gasteiger partial charge in [-0.2, -0.15) is 0 Å². The first kappa shape index (κ1) is 64.0. The fourth-order valence-corrected chi connectivity index (χ4v) is 0. The van der Waals surface area contributed by atoms with Gasteiger partial charge in [0.2, 0.25) is 0 Å². The maximum atomic E-state index is 7.33. The molecule has 13 heavy (non-hydrogen) atoms. The van der Waals surface area contributed by atoms with Crippen molar-refractivity contribution in [3.05, 3.63) is 0 Å². The predicted molar refractivity (Wildman–Crippen MR) is 47.5 cm³/mol. The molecule has 0 rings (SSSR count). The molecule has 0 unspecified atom stereocenters. The zero-order valence-electron chi connectivity index (χ0n) is 4.73. The fraction of sp³-hybridized carbons (Fsp3) is 0. The summed E-state index contributed by atoms with van der Waals surface area (Å²) in [6.07, 6.45) is 0. The van der Waals surface area contributed by atoms with Gasteiger partial charge < -0.3 is 30.1 Å². The van der Waals surface area contributed by atoms with Gasteiger partial charge in [0.05, 0.1) is 0 Å². The Hall–Kier alpha value is 5.07. The van der Waals surface area contributed by atoms with Crippen LogP contribution in [0.25, 0.3) is 0 Å². The molecule has 0 aromatic carbocycles. The van der Waals surface area contributed by atoms with Crippen molar-refractivity contribution in [2.75, 3.05) is 0 Å². The second-order valence-electron chi connectivity index (χ2n) is 0.600. The molecule has 0 heterocycles. The minimum atomic E-state index is -4.61. The Kier molecular flexibility index (Phi) is 177. The van der Waals surface area contributed by atoms with Gasteiger partial charge in [-0.3, -0.25) is 0 Å². The van der Waals surface area contributed by atoms with Crippen LogP contribution in [0.15, 0.2) is 0 Å². The van der Waals surface area contributed by atoms with Gasteiger partial charge in [0.25, 0.3) is 0 Å². The first-order chi connectivity index (χ1) is 2.00. The van der Waals surface area contributed by atoms with Gasteiger partial charge in [-0.25, -0.2) is 0 Å². The smallest absolute Gasteiger partial charge is 0 e. The molecule has 6 nitrogen and oxygen atoms in total. The topological polar surface area (TPSA) is 144 Å². The summed E-state index contributed by atoms with van der Waals surface area (Å²) in [7, 11) is -4.61. The van der Waals surface area contributed by atoms with Crippen LogP contribution in [0.2, 0.25) is 0 Å². The van der Waals surface area contributed by atoms with E-state index < -0.39 is 9.05 Å². The standard InChI is InChI=1S/Al.Ca.Fe.K.Mn.H4O4Si.2H2O.Zn.6H/c;;;;;1-5(2,3)4;;;;;;;;;/h;;;;;1-4H;2*1H2;;;;;;;. The van der Waals surface area contributed by atoms with E-state index in [1.54, 1.807) is 0 Å². The third-order valence-electron chi connectivity index (χ3n) is 0. The van der Waals surface area contributed by atoms with Crippen LogP contribution in [0.3, 0.4) is 0 Å². The largest absolute Gasteiger partial charge is 0 e. The van der Waals surface area contributed by atoms with E-state index in [1.165, 1.54) is 0 Å². The van der Waals surface area contributed by atoms with E-state index in [-0.39, 0.29) is 171 Å². The van der Waals surface area contributed by atoms with Gasteiger partial charge in [-0.15, -0.1) is 0 Å². The molecule has 1 radical (unpaired) electrons. The Balaban J connectivity index is -0.00000000286. The van der Waals surface area contributed by atoms with Crippen molar-refractivity contribution in [3.63, 3.8) is 0 Å². The molecule has 0 saturated heterocycles. The van der Waals surface area contributed by atoms with Crippen molar-refractivity contribution in [1.29, 1.82) is 0 Å². The Bertz CT molecular complexity index is 48.1. The van der Waals surface area contributed by atoms with Gasteiger partial charge in [0, 0.05) is 53.6 Å². The Morgan fingerprint density at radius 3 is 0.846 bits per heavy atom. The molecule has 0 aliphatic carbocycles. The zero-order chi connectivity index (χ0) is 4.50. The summed E-state index contributed by atoms with van der Waals surface area (Å²) < 4.78 is 0. The molecule has 13 heteroatoms. The summed E-state index contributed by atoms with van der Waals surface area (Å²) in [4.78, 5) is 29.3. The molecule has 0 spiro atoms. The van der Waals surface area contributed by atoms with Crippen LogP contribution >= 0.6 is 0 Å². The van der Waals surface area contributed by atoms with Gasteiger partial charge >= 0.3 is 98.2 Å². The van der Waals surface area contributed by atoms with Crippen LogP contribution in [0, 0.1) is 0 Å². The van der Waals surface area contributed by atoms with E-state index in [2.05, 4.69) is 0 Å². The van der Waals surface area contributed by atoms with Crippen LogP contribution in [0.4, 0.5) is 0 Å². The number of rotatable bonds is 0. The summed E-state index contributed by atoms with van der Waals surface area (Å²) in [5, 5.41) is 0. The Labute approximate surface area is 194 Å². The molecule has 77 valence electrons. The first-order valence-corrected chi connectivity index (χ1v) is 2.68. The van der Waals surface area contributed by atoms with Crippen LogP contribution < -0.4 is 0 Å². The normalized spacial score (nSPS) is 4.62. The van der Waals surface area contributed by atoms with Crippen molar-refractivity contribution in [1.82, 2.24) is 0 Å². The number of hydrogen-bond acceptors (Lipinski definition) is 4. The maximum absolute atomic E-state index is 7.33. The van der Waals surface area contributed by atoms with Crippen molar-refractivity contribution in [2.45, 2.75) is 0 Å². The molecule has 0 bridgehead atoms. The molecule has 0 aromatic rings. The predicted octanol–water partition coefficient (Wildman–Crippen LogP) is -7.01. The second kappa shape index (κ2) is 36.0. The molecular weight excluding hydrogens is 406 g/mol.